The molecule has 2 fully saturated rings. The van der Waals surface area contributed by atoms with Gasteiger partial charge in [0, 0.05) is 18.5 Å². The lowest BCUT2D eigenvalue weighted by Gasteiger charge is -2.37. The van der Waals surface area contributed by atoms with Gasteiger partial charge in [-0.3, -0.25) is 23.4 Å². The van der Waals surface area contributed by atoms with E-state index in [4.69, 9.17) is 42.8 Å². The molecular weight excluding hydrogens is 1020 g/mol. The molecule has 0 radical (unpaired) electrons. The molecule has 0 saturated carbocycles. The molecule has 2 aromatic rings. The van der Waals surface area contributed by atoms with Crippen LogP contribution in [0.1, 0.15) is 41.5 Å². The number of esters is 2. The van der Waals surface area contributed by atoms with E-state index in [1.807, 2.05) is 0 Å². The number of rotatable bonds is 22. The number of amides is 1. The fourth-order valence-electron chi connectivity index (χ4n) is 7.63. The SMILES string of the molecule is C=C1N=C(N)C=CN1[C@@H]1O[C@H](CO[P@@](=O)(C[C@@H](C)C(=O)OC(C)C)Oc2ccccc2)[C@H](O)C1(O)CF.C=C1NC(=O)C=CN1[C@@H]1O[C@H](CO[P@@](=O)(C[C@@H](C)C(=O)OC(C)C)Oc2ccccc2)[C@H](O)C1(O)CF. The van der Waals surface area contributed by atoms with Crippen LogP contribution in [0.4, 0.5) is 8.78 Å². The molecule has 0 aliphatic carbocycles. The van der Waals surface area contributed by atoms with E-state index in [-0.39, 0.29) is 53.5 Å². The third-order valence-electron chi connectivity index (χ3n) is 11.4. The van der Waals surface area contributed by atoms with Crippen LogP contribution in [-0.2, 0) is 51.5 Å². The van der Waals surface area contributed by atoms with Gasteiger partial charge in [0.1, 0.15) is 66.7 Å². The second-order valence-corrected chi connectivity index (χ2v) is 22.3. The highest BCUT2D eigenvalue weighted by Gasteiger charge is 2.60. The molecule has 408 valence electrons. The molecule has 74 heavy (non-hydrogen) atoms. The van der Waals surface area contributed by atoms with E-state index in [0.717, 1.165) is 11.0 Å². The van der Waals surface area contributed by atoms with Crippen molar-refractivity contribution in [3.8, 4) is 11.5 Å². The molecule has 0 bridgehead atoms. The number of nitrogens with one attached hydrogen (secondary N) is 1. The number of alkyl halides is 2. The standard InChI is InChI=1S/C24H33FN3O8P.C24H32FN2O9P/c1-15(2)34-22(30)16(3)13-37(32,36-18-8-6-5-7-9-18)33-12-19-21(29)24(31,14-25)23(35-19)28-11-10-20(26)27-17(28)4;1-15(2)34-22(30)16(3)13-37(32,36-18-8-6-5-7-9-18)33-12-19-21(29)24(31,14-25)23(35-19)27-11-10-20(28)26-17(27)4/h5-11,15-16,19,21,23,29,31H,4,12-14H2,1-3H3,(H2,26,27);5-11,15-16,19,21,23,29,31H,4,12-14H2,1-3H3,(H,26,28)/t2*16-,19-,21+,23-,24?,37+/m11/s1. The maximum absolute atomic E-state index is 14.0. The Morgan fingerprint density at radius 2 is 1.15 bits per heavy atom. The summed E-state index contributed by atoms with van der Waals surface area (Å²) in [6, 6.07) is 16.3. The number of nitrogens with zero attached hydrogens (tertiary/aromatic N) is 3. The number of halogens is 2. The summed E-state index contributed by atoms with van der Waals surface area (Å²) in [5.74, 6) is -2.75. The lowest BCUT2D eigenvalue weighted by Crippen LogP contribution is -2.57. The van der Waals surface area contributed by atoms with E-state index in [1.54, 1.807) is 88.4 Å². The molecule has 2 saturated heterocycles. The summed E-state index contributed by atoms with van der Waals surface area (Å²) in [6.07, 6.45) is -5.50. The maximum atomic E-state index is 14.0. The van der Waals surface area contributed by atoms with E-state index in [1.165, 1.54) is 37.2 Å². The second-order valence-electron chi connectivity index (χ2n) is 18.3. The van der Waals surface area contributed by atoms with Crippen LogP contribution in [0.3, 0.4) is 0 Å². The van der Waals surface area contributed by atoms with Gasteiger partial charge in [0.05, 0.1) is 49.6 Å². The highest BCUT2D eigenvalue weighted by atomic mass is 31.2. The third-order valence-corrected chi connectivity index (χ3v) is 15.5. The van der Waals surface area contributed by atoms with Crippen molar-refractivity contribution >= 4 is 38.9 Å². The molecule has 2 unspecified atom stereocenters. The highest BCUT2D eigenvalue weighted by molar-refractivity contribution is 7.54. The number of aliphatic hydroxyl groups is 4. The number of benzene rings is 2. The zero-order valence-corrected chi connectivity index (χ0v) is 43.5. The topological polar surface area (TPSA) is 297 Å². The number of hydrogen-bond donors (Lipinski definition) is 6. The number of ether oxygens (including phenoxy) is 4. The smallest absolute Gasteiger partial charge is 0.380 e. The van der Waals surface area contributed by atoms with Crippen molar-refractivity contribution in [1.82, 2.24) is 15.1 Å². The number of hydrogen-bond acceptors (Lipinski definition) is 21. The first-order valence-corrected chi connectivity index (χ1v) is 26.8. The Bertz CT molecular complexity index is 2490. The Morgan fingerprint density at radius 3 is 1.53 bits per heavy atom. The summed E-state index contributed by atoms with van der Waals surface area (Å²) in [4.78, 5) is 42.6. The molecule has 4 heterocycles. The Labute approximate surface area is 427 Å². The summed E-state index contributed by atoms with van der Waals surface area (Å²) in [5.41, 5.74) is 0.822. The number of amidine groups is 1. The van der Waals surface area contributed by atoms with E-state index in [0.29, 0.717) is 0 Å². The number of para-hydroxylation sites is 2. The van der Waals surface area contributed by atoms with E-state index >= 15 is 0 Å². The first kappa shape index (κ1) is 59.4. The zero-order chi connectivity index (χ0) is 54.8. The monoisotopic (exact) mass is 1080 g/mol. The lowest BCUT2D eigenvalue weighted by molar-refractivity contribution is -0.152. The number of aliphatic imine (C=N–C) groups is 1. The molecule has 4 aliphatic heterocycles. The number of aliphatic hydroxyl groups excluding tert-OH is 2. The Morgan fingerprint density at radius 1 is 0.743 bits per heavy atom. The van der Waals surface area contributed by atoms with Gasteiger partial charge in [0.2, 0.25) is 0 Å². The van der Waals surface area contributed by atoms with Gasteiger partial charge in [-0.05, 0) is 58.0 Å². The van der Waals surface area contributed by atoms with Gasteiger partial charge in [0.25, 0.3) is 5.91 Å². The molecule has 0 aromatic heterocycles. The Balaban J connectivity index is 0.000000274. The van der Waals surface area contributed by atoms with Crippen molar-refractivity contribution < 1.29 is 89.8 Å². The molecule has 1 amide bonds. The van der Waals surface area contributed by atoms with Crippen LogP contribution in [0, 0.1) is 11.8 Å². The largest absolute Gasteiger partial charge is 0.463 e. The third kappa shape index (κ3) is 14.9. The average Bonchev–Trinajstić information content (AvgIpc) is 3.74. The minimum absolute atomic E-state index is 0.00582. The van der Waals surface area contributed by atoms with Gasteiger partial charge < -0.3 is 69.3 Å². The normalized spacial score (nSPS) is 28.1. The summed E-state index contributed by atoms with van der Waals surface area (Å²) in [7, 11) is -8.11. The molecule has 7 N–H and O–H groups in total. The minimum atomic E-state index is -4.07. The van der Waals surface area contributed by atoms with Crippen molar-refractivity contribution in [3.63, 3.8) is 0 Å². The van der Waals surface area contributed by atoms with Crippen molar-refractivity contribution in [2.75, 3.05) is 38.9 Å². The minimum Gasteiger partial charge on any atom is -0.463 e. The molecule has 0 spiro atoms. The molecule has 12 atom stereocenters. The number of nitrogens with two attached hydrogens (primary N) is 1. The Kier molecular flexibility index (Phi) is 20.3. The van der Waals surface area contributed by atoms with Crippen LogP contribution in [0.5, 0.6) is 11.5 Å². The molecule has 4 aliphatic rings. The van der Waals surface area contributed by atoms with Gasteiger partial charge in [0.15, 0.2) is 23.7 Å². The Hall–Kier alpha value is -5.52. The van der Waals surface area contributed by atoms with Crippen molar-refractivity contribution in [2.45, 2.75) is 102 Å². The molecule has 22 nitrogen and oxygen atoms in total. The summed E-state index contributed by atoms with van der Waals surface area (Å²) in [6.45, 7) is 13.2. The van der Waals surface area contributed by atoms with Crippen LogP contribution < -0.4 is 20.1 Å². The fraction of sp³-hybridized carbons (Fsp3) is 0.500. The molecule has 6 rings (SSSR count). The predicted molar refractivity (Wildman–Crippen MR) is 263 cm³/mol. The maximum Gasteiger partial charge on any atom is 0.380 e. The van der Waals surface area contributed by atoms with Crippen LogP contribution >= 0.6 is 15.2 Å². The molecule has 26 heteroatoms. The fourth-order valence-corrected chi connectivity index (χ4v) is 11.4. The van der Waals surface area contributed by atoms with Gasteiger partial charge in [-0.25, -0.2) is 22.9 Å². The van der Waals surface area contributed by atoms with Crippen molar-refractivity contribution in [2.24, 2.45) is 22.6 Å². The number of carbonyl (C=O) groups excluding carboxylic acids is 3. The zero-order valence-electron chi connectivity index (χ0n) is 41.7. The second kappa shape index (κ2) is 25.3. The van der Waals surface area contributed by atoms with Crippen LogP contribution in [0.2, 0.25) is 0 Å². The van der Waals surface area contributed by atoms with E-state index < -0.39 is 120 Å². The number of carbonyl (C=O) groups is 3. The quantitative estimate of drug-likeness (QED) is 0.0705. The van der Waals surface area contributed by atoms with E-state index in [9.17, 15) is 52.7 Å². The van der Waals surface area contributed by atoms with Crippen LogP contribution in [-0.4, -0.2) is 153 Å². The average molecular weight is 1080 g/mol. The van der Waals surface area contributed by atoms with Crippen LogP contribution in [0.25, 0.3) is 0 Å². The lowest BCUT2D eigenvalue weighted by atomic mass is 9.95. The van der Waals surface area contributed by atoms with Crippen molar-refractivity contribution in [3.05, 3.63) is 110 Å². The summed E-state index contributed by atoms with van der Waals surface area (Å²) >= 11 is 0. The molecule has 2 aromatic carbocycles. The van der Waals surface area contributed by atoms with Gasteiger partial charge in [-0.2, -0.15) is 0 Å². The predicted octanol–water partition coefficient (Wildman–Crippen LogP) is 4.37. The van der Waals surface area contributed by atoms with Crippen molar-refractivity contribution in [1.29, 1.82) is 0 Å². The first-order chi connectivity index (χ1) is 34.8. The van der Waals surface area contributed by atoms with Gasteiger partial charge >= 0.3 is 27.1 Å². The van der Waals surface area contributed by atoms with Crippen LogP contribution in [0.15, 0.2) is 115 Å². The highest BCUT2D eigenvalue weighted by Crippen LogP contribution is 2.52. The summed E-state index contributed by atoms with van der Waals surface area (Å²) in [5, 5.41) is 45.7. The molecular formula is C48H65F2N5O17P2. The summed E-state index contributed by atoms with van der Waals surface area (Å²) < 4.78 is 99.9. The van der Waals surface area contributed by atoms with Gasteiger partial charge in [-0.15, -0.1) is 0 Å². The van der Waals surface area contributed by atoms with E-state index in [2.05, 4.69) is 23.5 Å². The first-order valence-electron chi connectivity index (χ1n) is 23.3. The van der Waals surface area contributed by atoms with Gasteiger partial charge in [-0.1, -0.05) is 63.4 Å².